The van der Waals surface area contributed by atoms with Crippen molar-refractivity contribution in [1.29, 1.82) is 0 Å². The quantitative estimate of drug-likeness (QED) is 0.805. The van der Waals surface area contributed by atoms with Gasteiger partial charge in [-0.3, -0.25) is 4.79 Å². The van der Waals surface area contributed by atoms with E-state index in [1.165, 1.54) is 12.1 Å². The average Bonchev–Trinajstić information content (AvgIpc) is 2.87. The van der Waals surface area contributed by atoms with Gasteiger partial charge in [0.05, 0.1) is 5.52 Å². The largest absolute Gasteiger partial charge is 0.350 e. The number of benzene rings is 1. The van der Waals surface area contributed by atoms with Crippen LogP contribution < -0.4 is 5.32 Å². The molecule has 5 heteroatoms. The van der Waals surface area contributed by atoms with Crippen LogP contribution in [-0.2, 0) is 6.42 Å². The van der Waals surface area contributed by atoms with Crippen LogP contribution in [0.3, 0.4) is 0 Å². The van der Waals surface area contributed by atoms with Crippen LogP contribution in [0.15, 0.2) is 48.7 Å². The zero-order chi connectivity index (χ0) is 15.5. The van der Waals surface area contributed by atoms with Crippen molar-refractivity contribution in [2.75, 3.05) is 6.54 Å². The second kappa shape index (κ2) is 5.97. The van der Waals surface area contributed by atoms with Gasteiger partial charge in [-0.25, -0.2) is 9.37 Å². The highest BCUT2D eigenvalue weighted by Gasteiger charge is 2.14. The number of fused-ring (bicyclic) bond motifs is 1. The Morgan fingerprint density at radius 1 is 1.23 bits per heavy atom. The zero-order valence-electron chi connectivity index (χ0n) is 12.2. The molecule has 0 spiro atoms. The number of hydrogen-bond acceptors (Lipinski definition) is 2. The van der Waals surface area contributed by atoms with Gasteiger partial charge >= 0.3 is 0 Å². The summed E-state index contributed by atoms with van der Waals surface area (Å²) in [6.45, 7) is 2.34. The molecule has 3 rings (SSSR count). The van der Waals surface area contributed by atoms with Gasteiger partial charge in [0, 0.05) is 12.7 Å². The predicted molar refractivity (Wildman–Crippen MR) is 82.4 cm³/mol. The number of aromatic nitrogens is 2. The number of pyridine rings is 1. The maximum Gasteiger partial charge on any atom is 0.272 e. The summed E-state index contributed by atoms with van der Waals surface area (Å²) in [7, 11) is 0. The van der Waals surface area contributed by atoms with E-state index in [4.69, 9.17) is 0 Å². The van der Waals surface area contributed by atoms with Gasteiger partial charge in [0.1, 0.15) is 11.6 Å². The molecule has 0 unspecified atom stereocenters. The summed E-state index contributed by atoms with van der Waals surface area (Å²) in [5.41, 5.74) is 2.20. The molecule has 0 fully saturated rings. The van der Waals surface area contributed by atoms with Gasteiger partial charge in [-0.1, -0.05) is 18.2 Å². The molecule has 0 saturated carbocycles. The van der Waals surface area contributed by atoms with Crippen LogP contribution in [0.2, 0.25) is 0 Å². The number of rotatable bonds is 4. The highest BCUT2D eigenvalue weighted by molar-refractivity contribution is 5.99. The smallest absolute Gasteiger partial charge is 0.272 e. The number of nitrogens with one attached hydrogen (secondary N) is 1. The molecule has 22 heavy (non-hydrogen) atoms. The molecule has 3 aromatic rings. The number of carbonyl (C=O) groups excluding carboxylic acids is 1. The van der Waals surface area contributed by atoms with Crippen molar-refractivity contribution in [3.05, 3.63) is 71.6 Å². The first-order chi connectivity index (χ1) is 10.6. The van der Waals surface area contributed by atoms with E-state index in [-0.39, 0.29) is 11.7 Å². The second-order valence-electron chi connectivity index (χ2n) is 5.10. The predicted octanol–water partition coefficient (Wildman–Crippen LogP) is 2.75. The van der Waals surface area contributed by atoms with Gasteiger partial charge in [-0.05, 0) is 43.2 Å². The van der Waals surface area contributed by atoms with Crippen LogP contribution in [0.1, 0.15) is 21.9 Å². The molecule has 0 saturated heterocycles. The van der Waals surface area contributed by atoms with Crippen molar-refractivity contribution in [3.63, 3.8) is 0 Å². The zero-order valence-corrected chi connectivity index (χ0v) is 12.2. The Labute approximate surface area is 127 Å². The first kappa shape index (κ1) is 14.3. The molecule has 0 atom stereocenters. The highest BCUT2D eigenvalue weighted by atomic mass is 19.1. The first-order valence-electron chi connectivity index (χ1n) is 7.11. The molecule has 0 bridgehead atoms. The molecule has 1 N–H and O–H groups in total. The molecule has 0 aliphatic heterocycles. The monoisotopic (exact) mass is 297 g/mol. The summed E-state index contributed by atoms with van der Waals surface area (Å²) in [6, 6.07) is 11.9. The normalized spacial score (nSPS) is 10.8. The maximum absolute atomic E-state index is 12.8. The summed E-state index contributed by atoms with van der Waals surface area (Å²) in [5, 5.41) is 2.86. The SMILES string of the molecule is Cc1nc(C(=O)NCCc2ccc(F)cc2)c2ccccn12. The van der Waals surface area contributed by atoms with Crippen molar-refractivity contribution in [1.82, 2.24) is 14.7 Å². The Balaban J connectivity index is 1.67. The minimum Gasteiger partial charge on any atom is -0.350 e. The van der Waals surface area contributed by atoms with Crippen LogP contribution in [0, 0.1) is 12.7 Å². The third kappa shape index (κ3) is 2.83. The molecule has 112 valence electrons. The molecule has 2 aromatic heterocycles. The van der Waals surface area contributed by atoms with Gasteiger partial charge in [0.25, 0.3) is 5.91 Å². The fourth-order valence-electron chi connectivity index (χ4n) is 2.41. The Bertz CT molecular complexity index is 808. The third-order valence-corrected chi connectivity index (χ3v) is 3.55. The lowest BCUT2D eigenvalue weighted by Gasteiger charge is -2.04. The molecule has 1 aromatic carbocycles. The van der Waals surface area contributed by atoms with Crippen LogP contribution in [0.25, 0.3) is 5.52 Å². The number of halogens is 1. The van der Waals surface area contributed by atoms with E-state index in [1.54, 1.807) is 12.1 Å². The van der Waals surface area contributed by atoms with Crippen molar-refractivity contribution in [2.45, 2.75) is 13.3 Å². The molecular formula is C17H16FN3O. The van der Waals surface area contributed by atoms with Crippen molar-refractivity contribution >= 4 is 11.4 Å². The summed E-state index contributed by atoms with van der Waals surface area (Å²) < 4.78 is 14.7. The van der Waals surface area contributed by atoms with Gasteiger partial charge < -0.3 is 9.72 Å². The number of hydrogen-bond donors (Lipinski definition) is 1. The molecule has 0 aliphatic carbocycles. The molecule has 0 aliphatic rings. The van der Waals surface area contributed by atoms with Crippen LogP contribution in [-0.4, -0.2) is 21.8 Å². The number of imidazole rings is 1. The summed E-state index contributed by atoms with van der Waals surface area (Å²) in [6.07, 6.45) is 2.53. The second-order valence-corrected chi connectivity index (χ2v) is 5.10. The number of nitrogens with zero attached hydrogens (tertiary/aromatic N) is 2. The molecule has 4 nitrogen and oxygen atoms in total. The summed E-state index contributed by atoms with van der Waals surface area (Å²) in [4.78, 5) is 16.6. The Morgan fingerprint density at radius 2 is 2.00 bits per heavy atom. The van der Waals surface area contributed by atoms with E-state index in [0.717, 1.165) is 16.9 Å². The first-order valence-corrected chi connectivity index (χ1v) is 7.11. The minimum absolute atomic E-state index is 0.195. The molecule has 1 amide bonds. The van der Waals surface area contributed by atoms with E-state index < -0.39 is 0 Å². The van der Waals surface area contributed by atoms with E-state index in [0.29, 0.717) is 18.7 Å². The molecule has 0 radical (unpaired) electrons. The van der Waals surface area contributed by atoms with E-state index >= 15 is 0 Å². The van der Waals surface area contributed by atoms with E-state index in [1.807, 2.05) is 35.7 Å². The lowest BCUT2D eigenvalue weighted by molar-refractivity contribution is 0.0951. The lowest BCUT2D eigenvalue weighted by atomic mass is 10.1. The molecular weight excluding hydrogens is 281 g/mol. The van der Waals surface area contributed by atoms with Crippen LogP contribution >= 0.6 is 0 Å². The average molecular weight is 297 g/mol. The highest BCUT2D eigenvalue weighted by Crippen LogP contribution is 2.12. The fraction of sp³-hybridized carbons (Fsp3) is 0.176. The van der Waals surface area contributed by atoms with Gasteiger partial charge in [-0.15, -0.1) is 0 Å². The molecule has 2 heterocycles. The van der Waals surface area contributed by atoms with Crippen molar-refractivity contribution < 1.29 is 9.18 Å². The van der Waals surface area contributed by atoms with Crippen LogP contribution in [0.4, 0.5) is 4.39 Å². The van der Waals surface area contributed by atoms with Crippen molar-refractivity contribution in [3.8, 4) is 0 Å². The van der Waals surface area contributed by atoms with Crippen LogP contribution in [0.5, 0.6) is 0 Å². The standard InChI is InChI=1S/C17H16FN3O/c1-12-20-16(15-4-2-3-11-21(12)15)17(22)19-10-9-13-5-7-14(18)8-6-13/h2-8,11H,9-10H2,1H3,(H,19,22). The Kier molecular flexibility index (Phi) is 3.87. The number of carbonyl (C=O) groups is 1. The number of amides is 1. The number of aryl methyl sites for hydroxylation is 1. The van der Waals surface area contributed by atoms with Gasteiger partial charge in [-0.2, -0.15) is 0 Å². The summed E-state index contributed by atoms with van der Waals surface area (Å²) in [5.74, 6) is 0.325. The topological polar surface area (TPSA) is 46.4 Å². The van der Waals surface area contributed by atoms with E-state index in [2.05, 4.69) is 10.3 Å². The Hall–Kier alpha value is -2.69. The Morgan fingerprint density at radius 3 is 2.77 bits per heavy atom. The maximum atomic E-state index is 12.8. The van der Waals surface area contributed by atoms with Gasteiger partial charge in [0.2, 0.25) is 0 Å². The minimum atomic E-state index is -0.257. The van der Waals surface area contributed by atoms with Gasteiger partial charge in [0.15, 0.2) is 5.69 Å². The lowest BCUT2D eigenvalue weighted by Crippen LogP contribution is -2.26. The van der Waals surface area contributed by atoms with Crippen molar-refractivity contribution in [2.24, 2.45) is 0 Å². The van der Waals surface area contributed by atoms with E-state index in [9.17, 15) is 9.18 Å². The fourth-order valence-corrected chi connectivity index (χ4v) is 2.41. The summed E-state index contributed by atoms with van der Waals surface area (Å²) >= 11 is 0. The third-order valence-electron chi connectivity index (χ3n) is 3.55.